The van der Waals surface area contributed by atoms with Crippen molar-refractivity contribution < 1.29 is 16.8 Å². The lowest BCUT2D eigenvalue weighted by Crippen LogP contribution is -2.38. The van der Waals surface area contributed by atoms with Gasteiger partial charge in [-0.25, -0.2) is 16.8 Å². The molecule has 0 saturated carbocycles. The quantitative estimate of drug-likeness (QED) is 0.731. The Kier molecular flexibility index (Phi) is 4.43. The molecular formula is C11H20N4O4S2. The summed E-state index contributed by atoms with van der Waals surface area (Å²) in [5, 5.41) is 9.54. The fourth-order valence-electron chi connectivity index (χ4n) is 2.50. The number of sulfonamides is 1. The van der Waals surface area contributed by atoms with Crippen LogP contribution in [0.4, 0.5) is 0 Å². The van der Waals surface area contributed by atoms with E-state index in [0.717, 1.165) is 4.31 Å². The standard InChI is InChI=1S/C11H20N4O4S2/c1-8-11(10(6-12-2)14-13-8)21(18,19)15(3)9-4-5-20(16,17)7-9/h9,12H,4-7H2,1-3H3,(H,13,14). The summed E-state index contributed by atoms with van der Waals surface area (Å²) in [6.45, 7) is 1.95. The molecule has 2 N–H and O–H groups in total. The number of hydrogen-bond acceptors (Lipinski definition) is 6. The summed E-state index contributed by atoms with van der Waals surface area (Å²) >= 11 is 0. The van der Waals surface area contributed by atoms with Gasteiger partial charge in [0, 0.05) is 19.6 Å². The second kappa shape index (κ2) is 5.67. The molecule has 8 nitrogen and oxygen atoms in total. The minimum Gasteiger partial charge on any atom is -0.314 e. The minimum atomic E-state index is -3.78. The van der Waals surface area contributed by atoms with Gasteiger partial charge in [-0.05, 0) is 20.4 Å². The lowest BCUT2D eigenvalue weighted by atomic mass is 10.3. The molecule has 1 atom stereocenters. The SMILES string of the molecule is CNCc1n[nH]c(C)c1S(=O)(=O)N(C)C1CCS(=O)(=O)C1. The highest BCUT2D eigenvalue weighted by atomic mass is 32.2. The van der Waals surface area contributed by atoms with Crippen LogP contribution in [0.15, 0.2) is 4.90 Å². The predicted molar refractivity (Wildman–Crippen MR) is 78.1 cm³/mol. The number of sulfone groups is 1. The third kappa shape index (κ3) is 3.12. The van der Waals surface area contributed by atoms with E-state index in [1.54, 1.807) is 14.0 Å². The number of aryl methyl sites for hydroxylation is 1. The molecule has 1 aliphatic heterocycles. The van der Waals surface area contributed by atoms with E-state index < -0.39 is 25.9 Å². The summed E-state index contributed by atoms with van der Waals surface area (Å²) in [4.78, 5) is 0.128. The molecule has 1 aromatic heterocycles. The number of hydrogen-bond donors (Lipinski definition) is 2. The molecule has 0 amide bonds. The molecule has 1 aromatic rings. The van der Waals surface area contributed by atoms with E-state index in [1.165, 1.54) is 7.05 Å². The smallest absolute Gasteiger partial charge is 0.246 e. The average Bonchev–Trinajstić information content (AvgIpc) is 2.92. The number of aromatic amines is 1. The van der Waals surface area contributed by atoms with Crippen LogP contribution < -0.4 is 5.32 Å². The molecule has 1 saturated heterocycles. The molecule has 1 unspecified atom stereocenters. The number of rotatable bonds is 5. The van der Waals surface area contributed by atoms with Gasteiger partial charge in [0.15, 0.2) is 9.84 Å². The molecule has 0 aromatic carbocycles. The molecule has 0 aliphatic carbocycles. The van der Waals surface area contributed by atoms with Crippen LogP contribution in [0.2, 0.25) is 0 Å². The highest BCUT2D eigenvalue weighted by Gasteiger charge is 2.38. The van der Waals surface area contributed by atoms with Crippen molar-refractivity contribution in [3.63, 3.8) is 0 Å². The summed E-state index contributed by atoms with van der Waals surface area (Å²) in [6, 6.07) is -0.517. The summed E-state index contributed by atoms with van der Waals surface area (Å²) in [6.07, 6.45) is 0.330. The van der Waals surface area contributed by atoms with Crippen molar-refractivity contribution in [1.29, 1.82) is 0 Å². The van der Waals surface area contributed by atoms with Crippen molar-refractivity contribution in [1.82, 2.24) is 19.8 Å². The lowest BCUT2D eigenvalue weighted by molar-refractivity contribution is 0.393. The Balaban J connectivity index is 2.36. The van der Waals surface area contributed by atoms with Crippen LogP contribution in [0.25, 0.3) is 0 Å². The zero-order valence-electron chi connectivity index (χ0n) is 12.2. The summed E-state index contributed by atoms with van der Waals surface area (Å²) in [5.41, 5.74) is 0.857. The van der Waals surface area contributed by atoms with Gasteiger partial charge < -0.3 is 5.32 Å². The summed E-state index contributed by atoms with van der Waals surface area (Å²) in [5.74, 6) is -0.0910. The van der Waals surface area contributed by atoms with Gasteiger partial charge in [-0.2, -0.15) is 9.40 Å². The fourth-order valence-corrected chi connectivity index (χ4v) is 6.08. The first kappa shape index (κ1) is 16.4. The monoisotopic (exact) mass is 336 g/mol. The molecule has 0 bridgehead atoms. The van der Waals surface area contributed by atoms with Gasteiger partial charge in [0.25, 0.3) is 0 Å². The number of H-pyrrole nitrogens is 1. The van der Waals surface area contributed by atoms with Crippen molar-refractivity contribution in [2.45, 2.75) is 30.8 Å². The maximum absolute atomic E-state index is 12.8. The molecule has 1 aliphatic rings. The van der Waals surface area contributed by atoms with Gasteiger partial charge in [0.1, 0.15) is 4.90 Å². The van der Waals surface area contributed by atoms with Crippen molar-refractivity contribution >= 4 is 19.9 Å². The van der Waals surface area contributed by atoms with Crippen molar-refractivity contribution in [2.24, 2.45) is 0 Å². The molecule has 2 rings (SSSR count). The van der Waals surface area contributed by atoms with E-state index in [0.29, 0.717) is 24.4 Å². The first-order valence-corrected chi connectivity index (χ1v) is 9.82. The Morgan fingerprint density at radius 1 is 1.48 bits per heavy atom. The number of aromatic nitrogens is 2. The topological polar surface area (TPSA) is 112 Å². The summed E-state index contributed by atoms with van der Waals surface area (Å²) < 4.78 is 49.8. The van der Waals surface area contributed by atoms with Crippen LogP contribution in [0.3, 0.4) is 0 Å². The Labute approximate surface area is 124 Å². The zero-order chi connectivity index (χ0) is 15.8. The van der Waals surface area contributed by atoms with Crippen LogP contribution in [0.1, 0.15) is 17.8 Å². The van der Waals surface area contributed by atoms with E-state index in [9.17, 15) is 16.8 Å². The molecule has 10 heteroatoms. The maximum atomic E-state index is 12.8. The summed E-state index contributed by atoms with van der Waals surface area (Å²) in [7, 11) is -3.79. The molecule has 1 fully saturated rings. The van der Waals surface area contributed by atoms with Gasteiger partial charge in [-0.15, -0.1) is 0 Å². The third-order valence-corrected chi connectivity index (χ3v) is 7.53. The normalized spacial score (nSPS) is 22.0. The third-order valence-electron chi connectivity index (χ3n) is 3.67. The highest BCUT2D eigenvalue weighted by Crippen LogP contribution is 2.26. The highest BCUT2D eigenvalue weighted by molar-refractivity contribution is 7.92. The predicted octanol–water partition coefficient (Wildman–Crippen LogP) is -0.755. The molecular weight excluding hydrogens is 316 g/mol. The van der Waals surface area contributed by atoms with Crippen LogP contribution in [0, 0.1) is 6.92 Å². The van der Waals surface area contributed by atoms with Gasteiger partial charge >= 0.3 is 0 Å². The van der Waals surface area contributed by atoms with Gasteiger partial charge in [-0.1, -0.05) is 0 Å². The zero-order valence-corrected chi connectivity index (χ0v) is 13.9. The second-order valence-electron chi connectivity index (χ2n) is 5.23. The average molecular weight is 336 g/mol. The largest absolute Gasteiger partial charge is 0.314 e. The molecule has 2 heterocycles. The fraction of sp³-hybridized carbons (Fsp3) is 0.727. The first-order valence-electron chi connectivity index (χ1n) is 6.56. The van der Waals surface area contributed by atoms with Gasteiger partial charge in [0.05, 0.1) is 22.9 Å². The minimum absolute atomic E-state index is 0.0330. The second-order valence-corrected chi connectivity index (χ2v) is 9.40. The lowest BCUT2D eigenvalue weighted by Gasteiger charge is -2.23. The Hall–Kier alpha value is -0.970. The maximum Gasteiger partial charge on any atom is 0.246 e. The van der Waals surface area contributed by atoms with Gasteiger partial charge in [0.2, 0.25) is 10.0 Å². The van der Waals surface area contributed by atoms with E-state index >= 15 is 0 Å². The molecule has 21 heavy (non-hydrogen) atoms. The number of nitrogens with one attached hydrogen (secondary N) is 2. The Bertz CT molecular complexity index is 723. The van der Waals surface area contributed by atoms with E-state index in [-0.39, 0.29) is 16.4 Å². The molecule has 0 spiro atoms. The van der Waals surface area contributed by atoms with Crippen molar-refractivity contribution in [2.75, 3.05) is 25.6 Å². The van der Waals surface area contributed by atoms with Crippen molar-refractivity contribution in [3.05, 3.63) is 11.4 Å². The van der Waals surface area contributed by atoms with Crippen LogP contribution in [-0.4, -0.2) is 63.0 Å². The van der Waals surface area contributed by atoms with Crippen LogP contribution in [0.5, 0.6) is 0 Å². The Morgan fingerprint density at radius 3 is 2.67 bits per heavy atom. The Morgan fingerprint density at radius 2 is 2.14 bits per heavy atom. The van der Waals surface area contributed by atoms with Gasteiger partial charge in [-0.3, -0.25) is 5.10 Å². The molecule has 120 valence electrons. The van der Waals surface area contributed by atoms with Crippen LogP contribution in [-0.2, 0) is 26.4 Å². The molecule has 0 radical (unpaired) electrons. The first-order chi connectivity index (χ1) is 9.69. The van der Waals surface area contributed by atoms with E-state index in [2.05, 4.69) is 15.5 Å². The van der Waals surface area contributed by atoms with E-state index in [4.69, 9.17) is 0 Å². The van der Waals surface area contributed by atoms with E-state index in [1.807, 2.05) is 0 Å². The number of nitrogens with zero attached hydrogens (tertiary/aromatic N) is 2. The van der Waals surface area contributed by atoms with Crippen LogP contribution >= 0.6 is 0 Å². The van der Waals surface area contributed by atoms with Crippen molar-refractivity contribution in [3.8, 4) is 0 Å².